The van der Waals surface area contributed by atoms with Crippen LogP contribution in [0.25, 0.3) is 17.4 Å². The van der Waals surface area contributed by atoms with Gasteiger partial charge < -0.3 is 9.73 Å². The lowest BCUT2D eigenvalue weighted by molar-refractivity contribution is -0.111. The first kappa shape index (κ1) is 18.0. The van der Waals surface area contributed by atoms with Crippen LogP contribution in [0.1, 0.15) is 5.76 Å². The third-order valence-electron chi connectivity index (χ3n) is 3.30. The Bertz CT molecular complexity index is 930. The highest BCUT2D eigenvalue weighted by molar-refractivity contribution is 14.1. The number of carbonyl (C=O) groups is 1. The molecule has 0 radical (unpaired) electrons. The lowest BCUT2D eigenvalue weighted by Gasteiger charge is -2.03. The van der Waals surface area contributed by atoms with Gasteiger partial charge in [0.2, 0.25) is 5.91 Å². The van der Waals surface area contributed by atoms with Crippen LogP contribution in [0.15, 0.2) is 65.1 Å². The predicted molar refractivity (Wildman–Crippen MR) is 111 cm³/mol. The Morgan fingerprint density at radius 2 is 1.76 bits per heavy atom. The normalized spacial score (nSPS) is 11.0. The van der Waals surface area contributed by atoms with Gasteiger partial charge in [0.15, 0.2) is 0 Å². The maximum absolute atomic E-state index is 12.0. The first-order valence-corrected chi connectivity index (χ1v) is 9.14. The van der Waals surface area contributed by atoms with Crippen LogP contribution in [0.2, 0.25) is 10.0 Å². The summed E-state index contributed by atoms with van der Waals surface area (Å²) in [5.41, 5.74) is 1.55. The van der Waals surface area contributed by atoms with Gasteiger partial charge in [0.25, 0.3) is 0 Å². The van der Waals surface area contributed by atoms with Crippen LogP contribution in [-0.2, 0) is 4.79 Å². The van der Waals surface area contributed by atoms with Gasteiger partial charge in [-0.25, -0.2) is 0 Å². The standard InChI is InChI=1S/C19H12Cl2INO2/c20-13-9-12(10-14(21)11-13)18-7-5-15(25-18)6-8-19(24)23-17-4-2-1-3-16(17)22/h1-11H,(H,23,24)/b8-6+. The maximum Gasteiger partial charge on any atom is 0.248 e. The largest absolute Gasteiger partial charge is 0.457 e. The van der Waals surface area contributed by atoms with Crippen molar-refractivity contribution in [3.8, 4) is 11.3 Å². The molecular formula is C19H12Cl2INO2. The minimum absolute atomic E-state index is 0.229. The molecule has 1 heterocycles. The molecule has 126 valence electrons. The quantitative estimate of drug-likeness (QED) is 0.339. The first-order valence-electron chi connectivity index (χ1n) is 7.31. The van der Waals surface area contributed by atoms with Gasteiger partial charge in [-0.05, 0) is 71.1 Å². The summed E-state index contributed by atoms with van der Waals surface area (Å²) in [6.07, 6.45) is 3.04. The number of nitrogens with one attached hydrogen (secondary N) is 1. The highest BCUT2D eigenvalue weighted by Crippen LogP contribution is 2.29. The topological polar surface area (TPSA) is 42.2 Å². The Morgan fingerprint density at radius 3 is 2.48 bits per heavy atom. The molecule has 1 aromatic heterocycles. The predicted octanol–water partition coefficient (Wildman–Crippen LogP) is 6.51. The van der Waals surface area contributed by atoms with E-state index in [2.05, 4.69) is 27.9 Å². The average Bonchev–Trinajstić information content (AvgIpc) is 3.03. The Labute approximate surface area is 168 Å². The van der Waals surface area contributed by atoms with Gasteiger partial charge in [0.1, 0.15) is 11.5 Å². The zero-order valence-electron chi connectivity index (χ0n) is 12.8. The van der Waals surface area contributed by atoms with E-state index in [1.165, 1.54) is 6.08 Å². The summed E-state index contributed by atoms with van der Waals surface area (Å²) in [5, 5.41) is 3.89. The van der Waals surface area contributed by atoms with Gasteiger partial charge >= 0.3 is 0 Å². The molecular weight excluding hydrogens is 472 g/mol. The molecule has 0 unspecified atom stereocenters. The lowest BCUT2D eigenvalue weighted by atomic mass is 10.2. The summed E-state index contributed by atoms with van der Waals surface area (Å²) >= 11 is 14.2. The molecule has 0 atom stereocenters. The maximum atomic E-state index is 12.0. The van der Waals surface area contributed by atoms with Crippen LogP contribution in [0.5, 0.6) is 0 Å². The van der Waals surface area contributed by atoms with Crippen molar-refractivity contribution in [3.63, 3.8) is 0 Å². The second-order valence-electron chi connectivity index (χ2n) is 5.16. The van der Waals surface area contributed by atoms with Gasteiger partial charge in [0, 0.05) is 25.3 Å². The molecule has 0 aliphatic rings. The summed E-state index contributed by atoms with van der Waals surface area (Å²) in [4.78, 5) is 12.0. The third-order valence-corrected chi connectivity index (χ3v) is 4.68. The molecule has 0 bridgehead atoms. The number of benzene rings is 2. The lowest BCUT2D eigenvalue weighted by Crippen LogP contribution is -2.08. The van der Waals surface area contributed by atoms with Gasteiger partial charge in [-0.3, -0.25) is 4.79 Å². The van der Waals surface area contributed by atoms with Gasteiger partial charge in [0.05, 0.1) is 5.69 Å². The Balaban J connectivity index is 1.71. The molecule has 0 saturated heterocycles. The van der Waals surface area contributed by atoms with E-state index in [4.69, 9.17) is 27.6 Å². The number of amides is 1. The molecule has 0 fully saturated rings. The zero-order chi connectivity index (χ0) is 17.8. The fraction of sp³-hybridized carbons (Fsp3) is 0. The van der Waals surface area contributed by atoms with Crippen LogP contribution in [0.4, 0.5) is 5.69 Å². The van der Waals surface area contributed by atoms with E-state index in [0.29, 0.717) is 21.6 Å². The molecule has 0 spiro atoms. The summed E-state index contributed by atoms with van der Waals surface area (Å²) in [6.45, 7) is 0. The number of furan rings is 1. The van der Waals surface area contributed by atoms with Crippen LogP contribution in [0.3, 0.4) is 0 Å². The van der Waals surface area contributed by atoms with E-state index in [0.717, 1.165) is 14.8 Å². The van der Waals surface area contributed by atoms with Crippen LogP contribution in [0, 0.1) is 3.57 Å². The fourth-order valence-electron chi connectivity index (χ4n) is 2.19. The summed E-state index contributed by atoms with van der Waals surface area (Å²) < 4.78 is 6.69. The van der Waals surface area contributed by atoms with E-state index in [1.807, 2.05) is 24.3 Å². The first-order chi connectivity index (χ1) is 12.0. The average molecular weight is 484 g/mol. The number of anilines is 1. The molecule has 0 aliphatic carbocycles. The Kier molecular flexibility index (Phi) is 5.83. The number of para-hydroxylation sites is 1. The molecule has 0 aliphatic heterocycles. The van der Waals surface area contributed by atoms with Crippen molar-refractivity contribution in [1.29, 1.82) is 0 Å². The van der Waals surface area contributed by atoms with E-state index in [9.17, 15) is 4.79 Å². The van der Waals surface area contributed by atoms with E-state index in [-0.39, 0.29) is 5.91 Å². The number of carbonyl (C=O) groups excluding carboxylic acids is 1. The van der Waals surface area contributed by atoms with Crippen molar-refractivity contribution in [2.24, 2.45) is 0 Å². The second kappa shape index (κ2) is 8.08. The molecule has 3 rings (SSSR count). The van der Waals surface area contributed by atoms with Crippen molar-refractivity contribution < 1.29 is 9.21 Å². The molecule has 1 N–H and O–H groups in total. The van der Waals surface area contributed by atoms with E-state index in [1.54, 1.807) is 36.4 Å². The summed E-state index contributed by atoms with van der Waals surface area (Å²) in [7, 11) is 0. The summed E-state index contributed by atoms with van der Waals surface area (Å²) in [5.74, 6) is 0.957. The molecule has 6 heteroatoms. The van der Waals surface area contributed by atoms with Crippen molar-refractivity contribution in [2.75, 3.05) is 5.32 Å². The highest BCUT2D eigenvalue weighted by atomic mass is 127. The number of rotatable bonds is 4. The SMILES string of the molecule is O=C(/C=C/c1ccc(-c2cc(Cl)cc(Cl)c2)o1)Nc1ccccc1I. The van der Waals surface area contributed by atoms with Gasteiger partial charge in [-0.2, -0.15) is 0 Å². The monoisotopic (exact) mass is 483 g/mol. The summed E-state index contributed by atoms with van der Waals surface area (Å²) in [6, 6.07) is 16.3. The van der Waals surface area contributed by atoms with E-state index < -0.39 is 0 Å². The van der Waals surface area contributed by atoms with Crippen LogP contribution in [-0.4, -0.2) is 5.91 Å². The molecule has 2 aromatic carbocycles. The smallest absolute Gasteiger partial charge is 0.248 e. The zero-order valence-corrected chi connectivity index (χ0v) is 16.5. The van der Waals surface area contributed by atoms with Crippen molar-refractivity contribution in [2.45, 2.75) is 0 Å². The number of hydrogen-bond donors (Lipinski definition) is 1. The van der Waals surface area contributed by atoms with Crippen LogP contribution < -0.4 is 5.32 Å². The second-order valence-corrected chi connectivity index (χ2v) is 7.20. The third kappa shape index (κ3) is 4.87. The Hall–Kier alpha value is -1.76. The minimum Gasteiger partial charge on any atom is -0.457 e. The fourth-order valence-corrected chi connectivity index (χ4v) is 3.24. The molecule has 0 saturated carbocycles. The van der Waals surface area contributed by atoms with Gasteiger partial charge in [-0.15, -0.1) is 0 Å². The minimum atomic E-state index is -0.229. The molecule has 25 heavy (non-hydrogen) atoms. The molecule has 1 amide bonds. The number of hydrogen-bond acceptors (Lipinski definition) is 2. The van der Waals surface area contributed by atoms with E-state index >= 15 is 0 Å². The molecule has 3 nitrogen and oxygen atoms in total. The van der Waals surface area contributed by atoms with Crippen molar-refractivity contribution in [1.82, 2.24) is 0 Å². The van der Waals surface area contributed by atoms with Crippen molar-refractivity contribution in [3.05, 3.63) is 80.0 Å². The Morgan fingerprint density at radius 1 is 1.04 bits per heavy atom. The van der Waals surface area contributed by atoms with Gasteiger partial charge in [-0.1, -0.05) is 35.3 Å². The van der Waals surface area contributed by atoms with Crippen molar-refractivity contribution >= 4 is 63.5 Å². The highest BCUT2D eigenvalue weighted by Gasteiger charge is 2.06. The molecule has 3 aromatic rings. The van der Waals surface area contributed by atoms with Crippen LogP contribution >= 0.6 is 45.8 Å². The number of halogens is 3.